The number of nitrogens with zero attached hydrogens (tertiary/aromatic N) is 3. The third-order valence-corrected chi connectivity index (χ3v) is 5.21. The van der Waals surface area contributed by atoms with Crippen LogP contribution in [-0.2, 0) is 0 Å². The Labute approximate surface area is 135 Å². The number of carbonyl (C=O) groups is 1. The zero-order valence-electron chi connectivity index (χ0n) is 13.2. The highest BCUT2D eigenvalue weighted by Gasteiger charge is 2.40. The van der Waals surface area contributed by atoms with Gasteiger partial charge in [-0.05, 0) is 38.8 Å². The van der Waals surface area contributed by atoms with Crippen molar-refractivity contribution in [2.45, 2.75) is 31.8 Å². The Bertz CT molecular complexity index is 688. The molecule has 2 atom stereocenters. The number of hydrogen-bond acceptors (Lipinski definition) is 4. The first-order valence-electron chi connectivity index (χ1n) is 8.25. The van der Waals surface area contributed by atoms with Gasteiger partial charge in [0.1, 0.15) is 0 Å². The number of amides is 1. The Kier molecular flexibility index (Phi) is 3.61. The number of H-pyrrole nitrogens is 1. The van der Waals surface area contributed by atoms with Crippen molar-refractivity contribution in [2.75, 3.05) is 13.1 Å². The Hall–Kier alpha value is -2.21. The molecule has 1 aromatic heterocycles. The van der Waals surface area contributed by atoms with Gasteiger partial charge in [-0.2, -0.15) is 0 Å². The van der Waals surface area contributed by atoms with Crippen molar-refractivity contribution in [1.82, 2.24) is 25.4 Å². The molecule has 4 heterocycles. The summed E-state index contributed by atoms with van der Waals surface area (Å²) in [6.07, 6.45) is 2.33. The summed E-state index contributed by atoms with van der Waals surface area (Å²) >= 11 is 0. The number of aromatic nitrogens is 3. The van der Waals surface area contributed by atoms with Gasteiger partial charge < -0.3 is 5.32 Å². The summed E-state index contributed by atoms with van der Waals surface area (Å²) in [5.41, 5.74) is 0.926. The van der Waals surface area contributed by atoms with Gasteiger partial charge in [0.25, 0.3) is 5.91 Å². The third-order valence-electron chi connectivity index (χ3n) is 5.21. The van der Waals surface area contributed by atoms with Crippen LogP contribution in [0.5, 0.6) is 0 Å². The molecule has 1 amide bonds. The monoisotopic (exact) mass is 311 g/mol. The van der Waals surface area contributed by atoms with E-state index in [4.69, 9.17) is 0 Å². The molecule has 2 aromatic rings. The highest BCUT2D eigenvalue weighted by atomic mass is 16.2. The van der Waals surface area contributed by atoms with E-state index in [0.29, 0.717) is 17.8 Å². The van der Waals surface area contributed by atoms with E-state index in [9.17, 15) is 4.79 Å². The number of piperidine rings is 3. The highest BCUT2D eigenvalue weighted by Crippen LogP contribution is 2.32. The van der Waals surface area contributed by atoms with Gasteiger partial charge in [0.2, 0.25) is 5.82 Å². The summed E-state index contributed by atoms with van der Waals surface area (Å²) in [5.74, 6) is 1.23. The number of rotatable bonds is 3. The summed E-state index contributed by atoms with van der Waals surface area (Å²) in [6.45, 7) is 4.50. The van der Waals surface area contributed by atoms with Crippen LogP contribution in [0.2, 0.25) is 0 Å². The first-order chi connectivity index (χ1) is 11.2. The molecule has 3 saturated heterocycles. The fraction of sp³-hybridized carbons (Fsp3) is 0.471. The van der Waals surface area contributed by atoms with E-state index in [1.807, 2.05) is 30.3 Å². The van der Waals surface area contributed by atoms with Crippen molar-refractivity contribution in [3.05, 3.63) is 36.2 Å². The minimum absolute atomic E-state index is 0.186. The number of hydrogen-bond donors (Lipinski definition) is 2. The second kappa shape index (κ2) is 5.77. The predicted molar refractivity (Wildman–Crippen MR) is 86.8 cm³/mol. The molecule has 0 unspecified atom stereocenters. The van der Waals surface area contributed by atoms with Gasteiger partial charge in [-0.3, -0.25) is 14.8 Å². The molecule has 5 rings (SSSR count). The summed E-state index contributed by atoms with van der Waals surface area (Å²) < 4.78 is 0. The molecule has 0 spiro atoms. The minimum Gasteiger partial charge on any atom is -0.345 e. The van der Waals surface area contributed by atoms with E-state index in [1.54, 1.807) is 0 Å². The van der Waals surface area contributed by atoms with Gasteiger partial charge in [0.05, 0.1) is 0 Å². The first-order valence-corrected chi connectivity index (χ1v) is 8.25. The lowest BCUT2D eigenvalue weighted by Gasteiger charge is -2.49. The molecule has 0 radical (unpaired) electrons. The van der Waals surface area contributed by atoms with Crippen molar-refractivity contribution < 1.29 is 4.79 Å². The molecule has 6 heteroatoms. The molecule has 1 aromatic carbocycles. The zero-order chi connectivity index (χ0) is 15.8. The van der Waals surface area contributed by atoms with Gasteiger partial charge in [0.15, 0.2) is 5.82 Å². The SMILES string of the molecule is C[C@H]1[C@H](NC(=O)c2n[nH]c(-c3ccccc3)n2)C2CCN1CC2. The molecule has 0 saturated carbocycles. The third kappa shape index (κ3) is 2.63. The maximum atomic E-state index is 12.5. The number of nitrogens with one attached hydrogen (secondary N) is 2. The summed E-state index contributed by atoms with van der Waals surface area (Å²) in [5, 5.41) is 10.1. The lowest BCUT2D eigenvalue weighted by molar-refractivity contribution is 0.0215. The van der Waals surface area contributed by atoms with Crippen molar-refractivity contribution >= 4 is 5.91 Å². The zero-order valence-corrected chi connectivity index (χ0v) is 13.2. The van der Waals surface area contributed by atoms with Gasteiger partial charge >= 0.3 is 0 Å². The molecule has 3 aliphatic rings. The van der Waals surface area contributed by atoms with Crippen molar-refractivity contribution in [3.8, 4) is 11.4 Å². The van der Waals surface area contributed by atoms with E-state index >= 15 is 0 Å². The fourth-order valence-electron chi connectivity index (χ4n) is 3.85. The van der Waals surface area contributed by atoms with Gasteiger partial charge in [-0.1, -0.05) is 30.3 Å². The Morgan fingerprint density at radius 3 is 2.70 bits per heavy atom. The molecule has 2 N–H and O–H groups in total. The predicted octanol–water partition coefficient (Wildman–Crippen LogP) is 1.68. The normalized spacial score (nSPS) is 29.4. The van der Waals surface area contributed by atoms with E-state index < -0.39 is 0 Å². The lowest BCUT2D eigenvalue weighted by atomic mass is 9.79. The molecule has 23 heavy (non-hydrogen) atoms. The average molecular weight is 311 g/mol. The van der Waals surface area contributed by atoms with Crippen molar-refractivity contribution in [2.24, 2.45) is 5.92 Å². The number of benzene rings is 1. The average Bonchev–Trinajstić information content (AvgIpc) is 3.09. The number of fused-ring (bicyclic) bond motifs is 3. The van der Waals surface area contributed by atoms with Crippen LogP contribution in [-0.4, -0.2) is 51.2 Å². The van der Waals surface area contributed by atoms with Crippen LogP contribution in [0, 0.1) is 5.92 Å². The topological polar surface area (TPSA) is 73.9 Å². The van der Waals surface area contributed by atoms with Crippen molar-refractivity contribution in [3.63, 3.8) is 0 Å². The van der Waals surface area contributed by atoms with Crippen LogP contribution >= 0.6 is 0 Å². The van der Waals surface area contributed by atoms with Crippen LogP contribution < -0.4 is 5.32 Å². The smallest absolute Gasteiger partial charge is 0.291 e. The van der Waals surface area contributed by atoms with Crippen LogP contribution in [0.25, 0.3) is 11.4 Å². The second-order valence-electron chi connectivity index (χ2n) is 6.49. The van der Waals surface area contributed by atoms with E-state index in [2.05, 4.69) is 32.3 Å². The Morgan fingerprint density at radius 2 is 2.00 bits per heavy atom. The first kappa shape index (κ1) is 14.4. The van der Waals surface area contributed by atoms with Crippen LogP contribution in [0.4, 0.5) is 0 Å². The molecular weight excluding hydrogens is 290 g/mol. The van der Waals surface area contributed by atoms with E-state index in [0.717, 1.165) is 18.7 Å². The molecule has 6 nitrogen and oxygen atoms in total. The molecule has 2 bridgehead atoms. The van der Waals surface area contributed by atoms with Crippen LogP contribution in [0.3, 0.4) is 0 Å². The molecular formula is C17H21N5O. The van der Waals surface area contributed by atoms with E-state index in [-0.39, 0.29) is 17.8 Å². The number of aromatic amines is 1. The largest absolute Gasteiger partial charge is 0.345 e. The lowest BCUT2D eigenvalue weighted by Crippen LogP contribution is -2.62. The maximum absolute atomic E-state index is 12.5. The van der Waals surface area contributed by atoms with Gasteiger partial charge in [-0.15, -0.1) is 5.10 Å². The molecule has 0 aliphatic carbocycles. The highest BCUT2D eigenvalue weighted by molar-refractivity contribution is 5.91. The fourth-order valence-corrected chi connectivity index (χ4v) is 3.85. The quantitative estimate of drug-likeness (QED) is 0.904. The standard InChI is InChI=1S/C17H21N5O/c1-11-14(12-7-9-22(11)10-8-12)18-17(23)16-19-15(20-21-16)13-5-3-2-4-6-13/h2-6,11-12,14H,7-10H2,1H3,(H,18,23)(H,19,20,21)/t11-,14-/m0/s1. The maximum Gasteiger partial charge on any atom is 0.291 e. The van der Waals surface area contributed by atoms with Crippen molar-refractivity contribution in [1.29, 1.82) is 0 Å². The molecule has 3 aliphatic heterocycles. The molecule has 3 fully saturated rings. The Morgan fingerprint density at radius 1 is 1.26 bits per heavy atom. The van der Waals surface area contributed by atoms with E-state index in [1.165, 1.54) is 12.8 Å². The minimum atomic E-state index is -0.186. The summed E-state index contributed by atoms with van der Waals surface area (Å²) in [4.78, 5) is 19.3. The summed E-state index contributed by atoms with van der Waals surface area (Å²) in [7, 11) is 0. The van der Waals surface area contributed by atoms with Crippen LogP contribution in [0.15, 0.2) is 30.3 Å². The van der Waals surface area contributed by atoms with Crippen LogP contribution in [0.1, 0.15) is 30.4 Å². The summed E-state index contributed by atoms with van der Waals surface area (Å²) in [6, 6.07) is 10.3. The second-order valence-corrected chi connectivity index (χ2v) is 6.49. The van der Waals surface area contributed by atoms with Gasteiger partial charge in [0, 0.05) is 17.6 Å². The number of carbonyl (C=O) groups excluding carboxylic acids is 1. The Balaban J connectivity index is 1.49. The molecule has 120 valence electrons. The van der Waals surface area contributed by atoms with Gasteiger partial charge in [-0.25, -0.2) is 4.98 Å².